The van der Waals surface area contributed by atoms with Gasteiger partial charge in [-0.3, -0.25) is 0 Å². The molecular weight excluding hydrogens is 306 g/mol. The van der Waals surface area contributed by atoms with Crippen molar-refractivity contribution in [3.8, 4) is 0 Å². The maximum absolute atomic E-state index is 12.3. The number of aliphatic hydroxyl groups is 1. The topological polar surface area (TPSA) is 59.0 Å². The molecule has 5 nitrogen and oxygen atoms in total. The van der Waals surface area contributed by atoms with E-state index in [1.165, 1.54) is 0 Å². The van der Waals surface area contributed by atoms with Gasteiger partial charge >= 0.3 is 6.09 Å². The molecule has 2 atom stereocenters. The fourth-order valence-electron chi connectivity index (χ4n) is 2.94. The highest BCUT2D eigenvalue weighted by molar-refractivity contribution is 5.68. The Labute approximate surface area is 144 Å². The molecule has 0 aliphatic carbocycles. The summed E-state index contributed by atoms with van der Waals surface area (Å²) in [4.78, 5) is 13.9. The van der Waals surface area contributed by atoms with Gasteiger partial charge in [-0.25, -0.2) is 4.79 Å². The summed E-state index contributed by atoms with van der Waals surface area (Å²) in [7, 11) is 0. The van der Waals surface area contributed by atoms with Crippen molar-refractivity contribution in [3.05, 3.63) is 35.9 Å². The van der Waals surface area contributed by atoms with E-state index in [0.717, 1.165) is 18.4 Å². The zero-order valence-corrected chi connectivity index (χ0v) is 14.9. The summed E-state index contributed by atoms with van der Waals surface area (Å²) in [6, 6.07) is 9.88. The molecule has 1 aromatic rings. The lowest BCUT2D eigenvalue weighted by Gasteiger charge is -2.39. The summed E-state index contributed by atoms with van der Waals surface area (Å²) >= 11 is 0. The maximum atomic E-state index is 12.3. The zero-order chi connectivity index (χ0) is 17.6. The molecule has 1 aliphatic heterocycles. The molecular formula is C19H29NO4. The Morgan fingerprint density at radius 3 is 2.62 bits per heavy atom. The van der Waals surface area contributed by atoms with Gasteiger partial charge in [0, 0.05) is 13.2 Å². The SMILES string of the molecule is CC(C)(C)OC(=O)N1CCC(COCc2ccccc2)CC1CO. The number of hydrogen-bond donors (Lipinski definition) is 1. The molecule has 2 rings (SSSR count). The highest BCUT2D eigenvalue weighted by Crippen LogP contribution is 2.25. The predicted octanol–water partition coefficient (Wildman–Crippen LogP) is 3.21. The Balaban J connectivity index is 1.80. The summed E-state index contributed by atoms with van der Waals surface area (Å²) in [5, 5.41) is 9.64. The number of carbonyl (C=O) groups excluding carboxylic acids is 1. The largest absolute Gasteiger partial charge is 0.444 e. The van der Waals surface area contributed by atoms with E-state index >= 15 is 0 Å². The lowest BCUT2D eigenvalue weighted by atomic mass is 9.92. The second-order valence-electron chi connectivity index (χ2n) is 7.40. The minimum Gasteiger partial charge on any atom is -0.444 e. The second kappa shape index (κ2) is 8.49. The van der Waals surface area contributed by atoms with E-state index in [4.69, 9.17) is 9.47 Å². The van der Waals surface area contributed by atoms with Crippen LogP contribution in [-0.2, 0) is 16.1 Å². The summed E-state index contributed by atoms with van der Waals surface area (Å²) in [6.45, 7) is 7.34. The van der Waals surface area contributed by atoms with E-state index in [-0.39, 0.29) is 18.7 Å². The van der Waals surface area contributed by atoms with Crippen LogP contribution < -0.4 is 0 Å². The molecule has 1 amide bonds. The molecule has 1 fully saturated rings. The number of ether oxygens (including phenoxy) is 2. The lowest BCUT2D eigenvalue weighted by molar-refractivity contribution is -0.0155. The van der Waals surface area contributed by atoms with Gasteiger partial charge in [-0.1, -0.05) is 30.3 Å². The van der Waals surface area contributed by atoms with Gasteiger partial charge in [-0.05, 0) is 45.1 Å². The Kier molecular flexibility index (Phi) is 6.63. The second-order valence-corrected chi connectivity index (χ2v) is 7.40. The van der Waals surface area contributed by atoms with E-state index < -0.39 is 5.60 Å². The number of likely N-dealkylation sites (tertiary alicyclic amines) is 1. The minimum atomic E-state index is -0.521. The lowest BCUT2D eigenvalue weighted by Crippen LogP contribution is -2.50. The molecule has 1 aromatic carbocycles. The number of aliphatic hydroxyl groups excluding tert-OH is 1. The fraction of sp³-hybridized carbons (Fsp3) is 0.632. The Bertz CT molecular complexity index is 512. The highest BCUT2D eigenvalue weighted by atomic mass is 16.6. The molecule has 2 unspecified atom stereocenters. The third-order valence-electron chi connectivity index (χ3n) is 4.13. The van der Waals surface area contributed by atoms with Crippen LogP contribution in [0.4, 0.5) is 4.79 Å². The molecule has 24 heavy (non-hydrogen) atoms. The van der Waals surface area contributed by atoms with Crippen LogP contribution in [0.2, 0.25) is 0 Å². The van der Waals surface area contributed by atoms with Crippen LogP contribution in [0.25, 0.3) is 0 Å². The molecule has 0 radical (unpaired) electrons. The van der Waals surface area contributed by atoms with Gasteiger partial charge in [0.25, 0.3) is 0 Å². The maximum Gasteiger partial charge on any atom is 0.410 e. The van der Waals surface area contributed by atoms with Gasteiger partial charge in [0.2, 0.25) is 0 Å². The fourth-order valence-corrected chi connectivity index (χ4v) is 2.94. The van der Waals surface area contributed by atoms with Gasteiger partial charge < -0.3 is 19.5 Å². The van der Waals surface area contributed by atoms with Crippen molar-refractivity contribution >= 4 is 6.09 Å². The molecule has 0 bridgehead atoms. The highest BCUT2D eigenvalue weighted by Gasteiger charge is 2.33. The predicted molar refractivity (Wildman–Crippen MR) is 92.6 cm³/mol. The number of rotatable bonds is 5. The van der Waals surface area contributed by atoms with Gasteiger partial charge in [-0.15, -0.1) is 0 Å². The van der Waals surface area contributed by atoms with Gasteiger partial charge in [0.05, 0.1) is 19.3 Å². The van der Waals surface area contributed by atoms with Gasteiger partial charge in [0.1, 0.15) is 5.60 Å². The molecule has 1 aliphatic rings. The molecule has 0 spiro atoms. The first-order chi connectivity index (χ1) is 11.4. The zero-order valence-electron chi connectivity index (χ0n) is 14.9. The Hall–Kier alpha value is -1.59. The van der Waals surface area contributed by atoms with Crippen LogP contribution in [0.15, 0.2) is 30.3 Å². The smallest absolute Gasteiger partial charge is 0.410 e. The molecule has 0 saturated carbocycles. The standard InChI is InChI=1S/C19H29NO4/c1-19(2,3)24-18(22)20-10-9-16(11-17(20)12-21)14-23-13-15-7-5-4-6-8-15/h4-8,16-17,21H,9-14H2,1-3H3. The Morgan fingerprint density at radius 2 is 2.00 bits per heavy atom. The summed E-state index contributed by atoms with van der Waals surface area (Å²) in [6.07, 6.45) is 1.26. The molecule has 1 N–H and O–H groups in total. The van der Waals surface area contributed by atoms with Crippen molar-refractivity contribution in [2.24, 2.45) is 5.92 Å². The third-order valence-corrected chi connectivity index (χ3v) is 4.13. The molecule has 134 valence electrons. The summed E-state index contributed by atoms with van der Waals surface area (Å²) in [5.74, 6) is 0.351. The number of piperidine rings is 1. The van der Waals surface area contributed by atoms with E-state index in [2.05, 4.69) is 0 Å². The monoisotopic (exact) mass is 335 g/mol. The summed E-state index contributed by atoms with van der Waals surface area (Å²) in [5.41, 5.74) is 0.634. The van der Waals surface area contributed by atoms with Crippen molar-refractivity contribution in [2.75, 3.05) is 19.8 Å². The van der Waals surface area contributed by atoms with Crippen molar-refractivity contribution in [2.45, 2.75) is 51.9 Å². The average Bonchev–Trinajstić information content (AvgIpc) is 2.54. The van der Waals surface area contributed by atoms with Crippen LogP contribution in [0.3, 0.4) is 0 Å². The van der Waals surface area contributed by atoms with Crippen molar-refractivity contribution in [1.29, 1.82) is 0 Å². The first-order valence-corrected chi connectivity index (χ1v) is 8.61. The van der Waals surface area contributed by atoms with E-state index in [0.29, 0.717) is 25.7 Å². The molecule has 1 heterocycles. The van der Waals surface area contributed by atoms with Crippen LogP contribution in [-0.4, -0.2) is 47.5 Å². The number of benzene rings is 1. The van der Waals surface area contributed by atoms with Crippen LogP contribution in [0.5, 0.6) is 0 Å². The van der Waals surface area contributed by atoms with Crippen molar-refractivity contribution in [1.82, 2.24) is 4.90 Å². The first-order valence-electron chi connectivity index (χ1n) is 8.61. The normalized spacial score (nSPS) is 21.6. The van der Waals surface area contributed by atoms with E-state index in [1.54, 1.807) is 4.90 Å². The number of nitrogens with zero attached hydrogens (tertiary/aromatic N) is 1. The van der Waals surface area contributed by atoms with E-state index in [1.807, 2.05) is 51.1 Å². The minimum absolute atomic E-state index is 0.0472. The van der Waals surface area contributed by atoms with E-state index in [9.17, 15) is 9.90 Å². The molecule has 0 aromatic heterocycles. The number of amides is 1. The summed E-state index contributed by atoms with van der Waals surface area (Å²) < 4.78 is 11.2. The molecule has 1 saturated heterocycles. The van der Waals surface area contributed by atoms with Gasteiger partial charge in [0.15, 0.2) is 0 Å². The first kappa shape index (κ1) is 18.7. The van der Waals surface area contributed by atoms with Crippen molar-refractivity contribution in [3.63, 3.8) is 0 Å². The quantitative estimate of drug-likeness (QED) is 0.897. The average molecular weight is 335 g/mol. The van der Waals surface area contributed by atoms with Crippen LogP contribution >= 0.6 is 0 Å². The van der Waals surface area contributed by atoms with Crippen LogP contribution in [0, 0.1) is 5.92 Å². The number of hydrogen-bond acceptors (Lipinski definition) is 4. The molecule has 5 heteroatoms. The Morgan fingerprint density at radius 1 is 1.29 bits per heavy atom. The van der Waals surface area contributed by atoms with Gasteiger partial charge in [-0.2, -0.15) is 0 Å². The van der Waals surface area contributed by atoms with Crippen LogP contribution in [0.1, 0.15) is 39.2 Å². The number of carbonyl (C=O) groups is 1. The van der Waals surface area contributed by atoms with Crippen molar-refractivity contribution < 1.29 is 19.4 Å². The third kappa shape index (κ3) is 5.80.